The second-order valence-electron chi connectivity index (χ2n) is 3.52. The Morgan fingerprint density at radius 1 is 1.07 bits per heavy atom. The smallest absolute Gasteiger partial charge is 0.272 e. The van der Waals surface area contributed by atoms with Crippen molar-refractivity contribution >= 4 is 0 Å². The van der Waals surface area contributed by atoms with Crippen molar-refractivity contribution in [2.24, 2.45) is 0 Å². The highest BCUT2D eigenvalue weighted by Crippen LogP contribution is 2.09. The van der Waals surface area contributed by atoms with Gasteiger partial charge in [0.25, 0.3) is 5.56 Å². The summed E-state index contributed by atoms with van der Waals surface area (Å²) < 4.78 is 1.89. The molecule has 0 aliphatic carbocycles. The summed E-state index contributed by atoms with van der Waals surface area (Å²) in [5.41, 5.74) is 2.03. The van der Waals surface area contributed by atoms with Crippen molar-refractivity contribution in [2.45, 2.75) is 13.8 Å². The fourth-order valence-electron chi connectivity index (χ4n) is 1.48. The van der Waals surface area contributed by atoms with Gasteiger partial charge in [0.1, 0.15) is 5.82 Å². The van der Waals surface area contributed by atoms with Crippen LogP contribution in [0, 0.1) is 13.8 Å². The van der Waals surface area contributed by atoms with E-state index in [-0.39, 0.29) is 5.56 Å². The molecule has 0 aliphatic heterocycles. The predicted octanol–water partition coefficient (Wildman–Crippen LogP) is 1.85. The first-order valence-corrected chi connectivity index (χ1v) is 4.80. The van der Waals surface area contributed by atoms with E-state index in [1.54, 1.807) is 6.20 Å². The van der Waals surface area contributed by atoms with E-state index in [9.17, 15) is 4.79 Å². The van der Waals surface area contributed by atoms with Gasteiger partial charge in [-0.2, -0.15) is 4.98 Å². The van der Waals surface area contributed by atoms with Gasteiger partial charge in [0.2, 0.25) is 0 Å². The van der Waals surface area contributed by atoms with Gasteiger partial charge in [0.05, 0.1) is 0 Å². The second-order valence-corrected chi connectivity index (χ2v) is 3.52. The van der Waals surface area contributed by atoms with Crippen LogP contribution < -0.4 is 5.56 Å². The van der Waals surface area contributed by atoms with E-state index < -0.39 is 0 Å². The summed E-state index contributed by atoms with van der Waals surface area (Å²) >= 11 is 0. The maximum atomic E-state index is 11.0. The third-order valence-corrected chi connectivity index (χ3v) is 2.30. The summed E-state index contributed by atoms with van der Waals surface area (Å²) in [5.74, 6) is 0.700. The fraction of sp³-hybridized carbons (Fsp3) is 0.167. The Kier molecular flexibility index (Phi) is 2.37. The van der Waals surface area contributed by atoms with Crippen LogP contribution in [0.5, 0.6) is 0 Å². The van der Waals surface area contributed by atoms with Crippen molar-refractivity contribution in [3.63, 3.8) is 0 Å². The molecule has 2 aromatic rings. The highest BCUT2D eigenvalue weighted by Gasteiger charge is 1.99. The minimum atomic E-state index is -0.198. The van der Waals surface area contributed by atoms with Crippen molar-refractivity contribution in [3.8, 4) is 5.69 Å². The highest BCUT2D eigenvalue weighted by molar-refractivity contribution is 5.35. The van der Waals surface area contributed by atoms with Gasteiger partial charge >= 0.3 is 0 Å². The van der Waals surface area contributed by atoms with Gasteiger partial charge in [0, 0.05) is 18.0 Å². The molecule has 0 fully saturated rings. The number of benzene rings is 1. The molecule has 1 aromatic heterocycles. The molecular weight excluding hydrogens is 188 g/mol. The topological polar surface area (TPSA) is 34.9 Å². The molecule has 3 nitrogen and oxygen atoms in total. The first-order valence-electron chi connectivity index (χ1n) is 4.80. The molecule has 0 unspecified atom stereocenters. The molecule has 76 valence electrons. The summed E-state index contributed by atoms with van der Waals surface area (Å²) in [6.07, 6.45) is 1.75. The van der Waals surface area contributed by atoms with Crippen LogP contribution >= 0.6 is 0 Å². The van der Waals surface area contributed by atoms with Crippen LogP contribution in [0.2, 0.25) is 0 Å². The lowest BCUT2D eigenvalue weighted by Crippen LogP contribution is -2.12. The van der Waals surface area contributed by atoms with Crippen molar-refractivity contribution in [1.82, 2.24) is 9.55 Å². The van der Waals surface area contributed by atoms with E-state index in [4.69, 9.17) is 0 Å². The number of aryl methyl sites for hydroxylation is 2. The van der Waals surface area contributed by atoms with Crippen LogP contribution in [0.4, 0.5) is 0 Å². The van der Waals surface area contributed by atoms with Gasteiger partial charge in [-0.3, -0.25) is 4.79 Å². The number of nitrogens with zero attached hydrogens (tertiary/aromatic N) is 2. The number of rotatable bonds is 1. The van der Waals surface area contributed by atoms with Crippen LogP contribution in [-0.4, -0.2) is 9.55 Å². The van der Waals surface area contributed by atoms with Crippen LogP contribution in [0.15, 0.2) is 41.3 Å². The minimum Gasteiger partial charge on any atom is -0.305 e. The summed E-state index contributed by atoms with van der Waals surface area (Å²) in [6.45, 7) is 3.86. The second kappa shape index (κ2) is 3.69. The number of hydrogen-bond acceptors (Lipinski definition) is 2. The Labute approximate surface area is 88.0 Å². The highest BCUT2D eigenvalue weighted by atomic mass is 16.1. The molecule has 15 heavy (non-hydrogen) atoms. The molecule has 0 atom stereocenters. The molecule has 0 spiro atoms. The summed E-state index contributed by atoms with van der Waals surface area (Å²) in [7, 11) is 0. The monoisotopic (exact) mass is 200 g/mol. The number of aromatic nitrogens is 2. The van der Waals surface area contributed by atoms with E-state index in [0.717, 1.165) is 5.69 Å². The lowest BCUT2D eigenvalue weighted by atomic mass is 10.2. The van der Waals surface area contributed by atoms with E-state index in [1.165, 1.54) is 11.6 Å². The minimum absolute atomic E-state index is 0.198. The summed E-state index contributed by atoms with van der Waals surface area (Å²) in [6, 6.07) is 9.55. The maximum Gasteiger partial charge on any atom is 0.272 e. The Balaban J connectivity index is 2.54. The Morgan fingerprint density at radius 2 is 1.73 bits per heavy atom. The van der Waals surface area contributed by atoms with Gasteiger partial charge in [0.15, 0.2) is 0 Å². The molecule has 0 bridgehead atoms. The third kappa shape index (κ3) is 1.96. The molecular formula is C12H12N2O. The largest absolute Gasteiger partial charge is 0.305 e. The Bertz CT molecular complexity index is 526. The van der Waals surface area contributed by atoms with Crippen LogP contribution in [0.25, 0.3) is 5.69 Å². The molecule has 0 saturated heterocycles. The zero-order valence-electron chi connectivity index (χ0n) is 8.77. The normalized spacial score (nSPS) is 10.3. The lowest BCUT2D eigenvalue weighted by Gasteiger charge is -2.08. The molecule has 0 radical (unpaired) electrons. The SMILES string of the molecule is Cc1ccc(-n2ccc(=O)nc2C)cc1. The van der Waals surface area contributed by atoms with Gasteiger partial charge in [-0.15, -0.1) is 0 Å². The van der Waals surface area contributed by atoms with Crippen LogP contribution in [-0.2, 0) is 0 Å². The fourth-order valence-corrected chi connectivity index (χ4v) is 1.48. The van der Waals surface area contributed by atoms with Crippen LogP contribution in [0.3, 0.4) is 0 Å². The molecule has 1 aromatic carbocycles. The summed E-state index contributed by atoms with van der Waals surface area (Å²) in [4.78, 5) is 14.9. The first kappa shape index (κ1) is 9.65. The maximum absolute atomic E-state index is 11.0. The number of hydrogen-bond donors (Lipinski definition) is 0. The van der Waals surface area contributed by atoms with Crippen molar-refractivity contribution < 1.29 is 0 Å². The van der Waals surface area contributed by atoms with Crippen molar-refractivity contribution in [1.29, 1.82) is 0 Å². The Hall–Kier alpha value is -1.90. The van der Waals surface area contributed by atoms with Crippen molar-refractivity contribution in [2.75, 3.05) is 0 Å². The van der Waals surface area contributed by atoms with Gasteiger partial charge < -0.3 is 4.57 Å². The van der Waals surface area contributed by atoms with Crippen molar-refractivity contribution in [3.05, 3.63) is 58.3 Å². The predicted molar refractivity (Wildman–Crippen MR) is 59.3 cm³/mol. The average Bonchev–Trinajstić information content (AvgIpc) is 2.20. The lowest BCUT2D eigenvalue weighted by molar-refractivity contribution is 0.889. The van der Waals surface area contributed by atoms with Gasteiger partial charge in [-0.25, -0.2) is 0 Å². The third-order valence-electron chi connectivity index (χ3n) is 2.30. The Morgan fingerprint density at radius 3 is 2.33 bits per heavy atom. The van der Waals surface area contributed by atoms with E-state index in [1.807, 2.05) is 42.7 Å². The van der Waals surface area contributed by atoms with Gasteiger partial charge in [-0.05, 0) is 26.0 Å². The quantitative estimate of drug-likeness (QED) is 0.704. The molecule has 0 N–H and O–H groups in total. The van der Waals surface area contributed by atoms with E-state index in [0.29, 0.717) is 5.82 Å². The van der Waals surface area contributed by atoms with Crippen LogP contribution in [0.1, 0.15) is 11.4 Å². The average molecular weight is 200 g/mol. The zero-order valence-corrected chi connectivity index (χ0v) is 8.77. The zero-order chi connectivity index (χ0) is 10.8. The molecule has 0 saturated carbocycles. The van der Waals surface area contributed by atoms with Gasteiger partial charge in [-0.1, -0.05) is 17.7 Å². The first-order chi connectivity index (χ1) is 7.16. The van der Waals surface area contributed by atoms with E-state index >= 15 is 0 Å². The summed E-state index contributed by atoms with van der Waals surface area (Å²) in [5, 5.41) is 0. The standard InChI is InChI=1S/C12H12N2O/c1-9-3-5-11(6-4-9)14-8-7-12(15)13-10(14)2/h3-8H,1-2H3. The molecule has 0 aliphatic rings. The molecule has 3 heteroatoms. The molecule has 0 amide bonds. The molecule has 1 heterocycles. The molecule has 2 rings (SSSR count). The van der Waals surface area contributed by atoms with E-state index in [2.05, 4.69) is 4.98 Å².